The Hall–Kier alpha value is -2.31. The number of aromatic hydroxyl groups is 1. The van der Waals surface area contributed by atoms with E-state index in [1.165, 1.54) is 0 Å². The molecule has 0 aliphatic rings. The third-order valence-corrected chi connectivity index (χ3v) is 10.3. The first-order valence-corrected chi connectivity index (χ1v) is 13.2. The molecule has 0 fully saturated rings. The van der Waals surface area contributed by atoms with Gasteiger partial charge in [0.1, 0.15) is 0 Å². The van der Waals surface area contributed by atoms with Crippen molar-refractivity contribution in [1.82, 2.24) is 0 Å². The highest BCUT2D eigenvalue weighted by atomic mass is 28.4. The molecule has 2 rings (SSSR count). The van der Waals surface area contributed by atoms with E-state index in [1.807, 2.05) is 19.1 Å². The van der Waals surface area contributed by atoms with Crippen LogP contribution in [0.5, 0.6) is 11.5 Å². The summed E-state index contributed by atoms with van der Waals surface area (Å²) in [5, 5.41) is 19.8. The predicted molar refractivity (Wildman–Crippen MR) is 122 cm³/mol. The Morgan fingerprint density at radius 1 is 1.10 bits per heavy atom. The van der Waals surface area contributed by atoms with Crippen molar-refractivity contribution in [3.8, 4) is 11.5 Å². The second kappa shape index (κ2) is 9.66. The lowest BCUT2D eigenvalue weighted by Crippen LogP contribution is -2.40. The van der Waals surface area contributed by atoms with Crippen molar-refractivity contribution < 1.29 is 24.2 Å². The number of carboxylic acid groups (broad SMARTS) is 1. The van der Waals surface area contributed by atoms with Gasteiger partial charge in [0.25, 0.3) is 0 Å². The summed E-state index contributed by atoms with van der Waals surface area (Å²) in [4.78, 5) is 11.4. The number of rotatable bonds is 9. The van der Waals surface area contributed by atoms with Gasteiger partial charge in [-0.25, -0.2) is 4.79 Å². The van der Waals surface area contributed by atoms with E-state index in [4.69, 9.17) is 9.16 Å². The molecule has 0 aliphatic carbocycles. The van der Waals surface area contributed by atoms with E-state index in [1.54, 1.807) is 24.3 Å². The van der Waals surface area contributed by atoms with Crippen LogP contribution in [0.2, 0.25) is 18.1 Å². The van der Waals surface area contributed by atoms with Gasteiger partial charge in [0.05, 0.1) is 18.8 Å². The van der Waals surface area contributed by atoms with E-state index in [0.29, 0.717) is 37.4 Å². The minimum atomic E-state index is -1.93. The van der Waals surface area contributed by atoms with Gasteiger partial charge in [-0.05, 0) is 55.6 Å². The zero-order chi connectivity index (χ0) is 22.5. The molecule has 2 N–H and O–H groups in total. The first kappa shape index (κ1) is 24.0. The number of phenolic OH excluding ortho intramolecular Hbond substituents is 1. The minimum Gasteiger partial charge on any atom is -0.504 e. The summed E-state index contributed by atoms with van der Waals surface area (Å²) in [6.45, 7) is 13.7. The van der Waals surface area contributed by atoms with Crippen molar-refractivity contribution in [2.24, 2.45) is 0 Å². The number of benzene rings is 2. The second-order valence-corrected chi connectivity index (χ2v) is 14.0. The maximum absolute atomic E-state index is 11.4. The highest BCUT2D eigenvalue weighted by molar-refractivity contribution is 6.74. The van der Waals surface area contributed by atoms with E-state index >= 15 is 0 Å². The molecule has 0 spiro atoms. The number of carboxylic acids is 1. The second-order valence-electron chi connectivity index (χ2n) is 9.23. The Bertz CT molecular complexity index is 884. The number of para-hydroxylation sites is 1. The highest BCUT2D eigenvalue weighted by Gasteiger charge is 2.37. The molecule has 0 heterocycles. The molecule has 0 aliphatic heterocycles. The zero-order valence-electron chi connectivity index (χ0n) is 18.9. The van der Waals surface area contributed by atoms with Crippen LogP contribution in [0.3, 0.4) is 0 Å². The molecule has 0 saturated carbocycles. The smallest absolute Gasteiger partial charge is 0.335 e. The molecule has 0 amide bonds. The maximum Gasteiger partial charge on any atom is 0.335 e. The van der Waals surface area contributed by atoms with Gasteiger partial charge >= 0.3 is 5.97 Å². The lowest BCUT2D eigenvalue weighted by Gasteiger charge is -2.36. The molecule has 5 nitrogen and oxygen atoms in total. The van der Waals surface area contributed by atoms with Crippen molar-refractivity contribution >= 4 is 14.3 Å². The molecule has 2 aromatic carbocycles. The Morgan fingerprint density at radius 2 is 1.80 bits per heavy atom. The van der Waals surface area contributed by atoms with Crippen LogP contribution in [0.25, 0.3) is 0 Å². The van der Waals surface area contributed by atoms with E-state index < -0.39 is 14.3 Å². The van der Waals surface area contributed by atoms with Gasteiger partial charge in [-0.2, -0.15) is 0 Å². The number of hydrogen-bond donors (Lipinski definition) is 2. The Kier molecular flexibility index (Phi) is 7.72. The summed E-state index contributed by atoms with van der Waals surface area (Å²) >= 11 is 0. The Labute approximate surface area is 180 Å². The number of phenols is 1. The minimum absolute atomic E-state index is 0.0908. The van der Waals surface area contributed by atoms with E-state index in [9.17, 15) is 15.0 Å². The lowest BCUT2D eigenvalue weighted by molar-refractivity contribution is 0.0695. The molecule has 0 aromatic heterocycles. The van der Waals surface area contributed by atoms with Crippen molar-refractivity contribution in [2.45, 2.75) is 65.3 Å². The molecule has 0 atom stereocenters. The standard InChI is InChI=1S/C24H34O5Si/c1-17-12-13-20(23(26)27)18(15-17)10-8-14-28-22-19(9-7-11-21(22)25)16-29-30(5,6)24(2,3)4/h7,9,11-13,15,25H,8,10,14,16H2,1-6H3,(H,26,27). The van der Waals surface area contributed by atoms with E-state index in [-0.39, 0.29) is 10.8 Å². The molecule has 0 bridgehead atoms. The third kappa shape index (κ3) is 6.09. The fraction of sp³-hybridized carbons (Fsp3) is 0.458. The van der Waals surface area contributed by atoms with Crippen LogP contribution in [0, 0.1) is 6.92 Å². The van der Waals surface area contributed by atoms with E-state index in [0.717, 1.165) is 16.7 Å². The van der Waals surface area contributed by atoms with Crippen LogP contribution in [-0.4, -0.2) is 31.1 Å². The van der Waals surface area contributed by atoms with Crippen LogP contribution >= 0.6 is 0 Å². The lowest BCUT2D eigenvalue weighted by atomic mass is 10.0. The molecule has 164 valence electrons. The Balaban J connectivity index is 2.03. The number of ether oxygens (including phenoxy) is 1. The predicted octanol–water partition coefficient (Wildman–Crippen LogP) is 5.93. The molecule has 0 unspecified atom stereocenters. The summed E-state index contributed by atoms with van der Waals surface area (Å²) < 4.78 is 12.2. The van der Waals surface area contributed by atoms with Crippen molar-refractivity contribution in [3.05, 3.63) is 58.7 Å². The number of aromatic carboxylic acids is 1. The summed E-state index contributed by atoms with van der Waals surface area (Å²) in [6, 6.07) is 10.7. The molecular weight excluding hydrogens is 396 g/mol. The van der Waals surface area contributed by atoms with Crippen molar-refractivity contribution in [1.29, 1.82) is 0 Å². The average molecular weight is 431 g/mol. The third-order valence-electron chi connectivity index (χ3n) is 5.80. The van der Waals surface area contributed by atoms with E-state index in [2.05, 4.69) is 33.9 Å². The fourth-order valence-corrected chi connectivity index (χ4v) is 3.85. The maximum atomic E-state index is 11.4. The SMILES string of the molecule is Cc1ccc(C(=O)O)c(CCCOc2c(O)cccc2CO[Si](C)(C)C(C)(C)C)c1. The van der Waals surface area contributed by atoms with Crippen molar-refractivity contribution in [3.63, 3.8) is 0 Å². The fourth-order valence-electron chi connectivity index (χ4n) is 2.90. The Morgan fingerprint density at radius 3 is 2.43 bits per heavy atom. The zero-order valence-corrected chi connectivity index (χ0v) is 19.9. The monoisotopic (exact) mass is 430 g/mol. The van der Waals surface area contributed by atoms with Gasteiger partial charge in [0.2, 0.25) is 0 Å². The molecule has 0 saturated heterocycles. The first-order chi connectivity index (χ1) is 13.9. The van der Waals surface area contributed by atoms with Gasteiger partial charge < -0.3 is 19.4 Å². The summed E-state index contributed by atoms with van der Waals surface area (Å²) in [5.74, 6) is -0.385. The molecule has 2 aromatic rings. The van der Waals surface area contributed by atoms with Gasteiger partial charge in [0.15, 0.2) is 19.8 Å². The van der Waals surface area contributed by atoms with Gasteiger partial charge in [-0.3, -0.25) is 0 Å². The van der Waals surface area contributed by atoms with Crippen molar-refractivity contribution in [2.75, 3.05) is 6.61 Å². The largest absolute Gasteiger partial charge is 0.504 e. The number of carbonyl (C=O) groups is 1. The van der Waals surface area contributed by atoms with Gasteiger partial charge in [-0.15, -0.1) is 0 Å². The average Bonchev–Trinajstić information content (AvgIpc) is 2.63. The molecule has 30 heavy (non-hydrogen) atoms. The molecule has 0 radical (unpaired) electrons. The number of aryl methyl sites for hydroxylation is 2. The number of hydrogen-bond acceptors (Lipinski definition) is 4. The normalized spacial score (nSPS) is 12.1. The summed E-state index contributed by atoms with van der Waals surface area (Å²) in [5.41, 5.74) is 2.97. The van der Waals surface area contributed by atoms with Crippen LogP contribution < -0.4 is 4.74 Å². The van der Waals surface area contributed by atoms with Crippen LogP contribution in [0.4, 0.5) is 0 Å². The molecular formula is C24H34O5Si. The topological polar surface area (TPSA) is 76.0 Å². The van der Waals surface area contributed by atoms with Crippen LogP contribution in [0.1, 0.15) is 54.2 Å². The van der Waals surface area contributed by atoms with Crippen LogP contribution in [0.15, 0.2) is 36.4 Å². The highest BCUT2D eigenvalue weighted by Crippen LogP contribution is 2.38. The molecule has 6 heteroatoms. The summed E-state index contributed by atoms with van der Waals surface area (Å²) in [6.07, 6.45) is 1.23. The van der Waals surface area contributed by atoms with Crippen LogP contribution in [-0.2, 0) is 17.5 Å². The first-order valence-electron chi connectivity index (χ1n) is 10.3. The van der Waals surface area contributed by atoms with Gasteiger partial charge in [0, 0.05) is 5.56 Å². The summed E-state index contributed by atoms with van der Waals surface area (Å²) in [7, 11) is -1.93. The van der Waals surface area contributed by atoms with Gasteiger partial charge in [-0.1, -0.05) is 50.6 Å². The quantitative estimate of drug-likeness (QED) is 0.381.